The molecule has 24 heavy (non-hydrogen) atoms. The number of nitrogens with zero attached hydrogens (tertiary/aromatic N) is 2. The van der Waals surface area contributed by atoms with Crippen LogP contribution in [0.3, 0.4) is 0 Å². The first-order valence-electron chi connectivity index (χ1n) is 8.25. The van der Waals surface area contributed by atoms with Gasteiger partial charge < -0.3 is 20.4 Å². The van der Waals surface area contributed by atoms with Crippen molar-refractivity contribution in [1.29, 1.82) is 0 Å². The van der Waals surface area contributed by atoms with Gasteiger partial charge in [-0.25, -0.2) is 4.39 Å². The van der Waals surface area contributed by atoms with Crippen molar-refractivity contribution in [2.24, 2.45) is 0 Å². The average Bonchev–Trinajstić information content (AvgIpc) is 2.55. The van der Waals surface area contributed by atoms with Gasteiger partial charge in [-0.1, -0.05) is 6.92 Å². The second kappa shape index (κ2) is 9.81. The van der Waals surface area contributed by atoms with E-state index in [0.29, 0.717) is 0 Å². The second-order valence-electron chi connectivity index (χ2n) is 5.94. The van der Waals surface area contributed by atoms with Gasteiger partial charge in [-0.2, -0.15) is 0 Å². The molecule has 1 aliphatic rings. The maximum Gasteiger partial charge on any atom is 0.234 e. The third kappa shape index (κ3) is 5.33. The Morgan fingerprint density at radius 3 is 2.54 bits per heavy atom. The van der Waals surface area contributed by atoms with E-state index in [4.69, 9.17) is 0 Å². The number of hydrogen-bond acceptors (Lipinski definition) is 4. The molecule has 1 heterocycles. The summed E-state index contributed by atoms with van der Waals surface area (Å²) in [5.41, 5.74) is 1.85. The van der Waals surface area contributed by atoms with Crippen molar-refractivity contribution in [3.63, 3.8) is 0 Å². The summed E-state index contributed by atoms with van der Waals surface area (Å²) in [5, 5.41) is 5.74. The molecule has 0 bridgehead atoms. The molecule has 2 N–H and O–H groups in total. The first-order chi connectivity index (χ1) is 11.0. The van der Waals surface area contributed by atoms with Gasteiger partial charge in [0.05, 0.1) is 12.6 Å². The van der Waals surface area contributed by atoms with Crippen molar-refractivity contribution < 1.29 is 9.18 Å². The molecular weight excluding hydrogens is 331 g/mol. The molecule has 1 aromatic rings. The Morgan fingerprint density at radius 1 is 1.29 bits per heavy atom. The van der Waals surface area contributed by atoms with Crippen molar-refractivity contribution >= 4 is 24.0 Å². The molecule has 1 saturated heterocycles. The molecule has 0 aromatic heterocycles. The minimum atomic E-state index is -0.273. The molecule has 0 aliphatic carbocycles. The maximum absolute atomic E-state index is 13.7. The standard InChI is InChI=1S/C17H27FN4O.ClH/c1-4-21-7-9-22(10-8-21)16-6-5-14(18)11-15(16)13(2)20-17(23)12-19-3;/h5-6,11,13,19H,4,7-10,12H2,1-3H3,(H,20,23);1H. The molecule has 1 fully saturated rings. The number of carbonyl (C=O) groups is 1. The summed E-state index contributed by atoms with van der Waals surface area (Å²) < 4.78 is 13.7. The van der Waals surface area contributed by atoms with Crippen LogP contribution in [0.4, 0.5) is 10.1 Å². The number of rotatable bonds is 6. The number of nitrogens with one attached hydrogen (secondary N) is 2. The number of piperazine rings is 1. The van der Waals surface area contributed by atoms with Crippen LogP contribution in [0.1, 0.15) is 25.5 Å². The molecule has 0 radical (unpaired) electrons. The normalized spacial score (nSPS) is 16.4. The van der Waals surface area contributed by atoms with Crippen LogP contribution in [0, 0.1) is 5.82 Å². The predicted octanol–water partition coefficient (Wildman–Crippen LogP) is 1.79. The van der Waals surface area contributed by atoms with E-state index in [1.54, 1.807) is 7.05 Å². The Bertz CT molecular complexity index is 535. The van der Waals surface area contributed by atoms with E-state index < -0.39 is 0 Å². The molecule has 2 rings (SSSR count). The predicted molar refractivity (Wildman–Crippen MR) is 98.5 cm³/mol. The van der Waals surface area contributed by atoms with Gasteiger partial charge in [-0.05, 0) is 38.7 Å². The highest BCUT2D eigenvalue weighted by molar-refractivity contribution is 5.85. The van der Waals surface area contributed by atoms with Gasteiger partial charge >= 0.3 is 0 Å². The molecule has 5 nitrogen and oxygen atoms in total. The summed E-state index contributed by atoms with van der Waals surface area (Å²) in [7, 11) is 1.73. The van der Waals surface area contributed by atoms with Crippen LogP contribution in [0.2, 0.25) is 0 Å². The van der Waals surface area contributed by atoms with Gasteiger partial charge in [0.15, 0.2) is 0 Å². The largest absolute Gasteiger partial charge is 0.369 e. The fraction of sp³-hybridized carbons (Fsp3) is 0.588. The zero-order valence-electron chi connectivity index (χ0n) is 14.6. The molecule has 1 atom stereocenters. The lowest BCUT2D eigenvalue weighted by Crippen LogP contribution is -2.46. The zero-order chi connectivity index (χ0) is 16.8. The molecule has 0 spiro atoms. The summed E-state index contributed by atoms with van der Waals surface area (Å²) in [6.07, 6.45) is 0. The van der Waals surface area contributed by atoms with Crippen molar-refractivity contribution in [1.82, 2.24) is 15.5 Å². The van der Waals surface area contributed by atoms with Gasteiger partial charge in [0.1, 0.15) is 5.82 Å². The van der Waals surface area contributed by atoms with Gasteiger partial charge in [-0.15, -0.1) is 12.4 Å². The highest BCUT2D eigenvalue weighted by Gasteiger charge is 2.21. The van der Waals surface area contributed by atoms with Gasteiger partial charge in [0.2, 0.25) is 5.91 Å². The fourth-order valence-electron chi connectivity index (χ4n) is 3.00. The van der Waals surface area contributed by atoms with Crippen LogP contribution in [0.25, 0.3) is 0 Å². The topological polar surface area (TPSA) is 47.6 Å². The molecule has 1 aliphatic heterocycles. The van der Waals surface area contributed by atoms with E-state index >= 15 is 0 Å². The molecule has 1 unspecified atom stereocenters. The Kier molecular flexibility index (Phi) is 8.45. The maximum atomic E-state index is 13.7. The van der Waals surface area contributed by atoms with Crippen molar-refractivity contribution in [3.8, 4) is 0 Å². The Balaban J connectivity index is 0.00000288. The molecule has 7 heteroatoms. The monoisotopic (exact) mass is 358 g/mol. The van der Waals surface area contributed by atoms with Crippen LogP contribution in [-0.4, -0.2) is 57.1 Å². The quantitative estimate of drug-likeness (QED) is 0.814. The highest BCUT2D eigenvalue weighted by atomic mass is 35.5. The minimum Gasteiger partial charge on any atom is -0.369 e. The lowest BCUT2D eigenvalue weighted by Gasteiger charge is -2.37. The van der Waals surface area contributed by atoms with E-state index in [2.05, 4.69) is 27.4 Å². The Morgan fingerprint density at radius 2 is 1.96 bits per heavy atom. The summed E-state index contributed by atoms with van der Waals surface area (Å²) >= 11 is 0. The SMILES string of the molecule is CCN1CCN(c2ccc(F)cc2C(C)NC(=O)CNC)CC1.Cl. The van der Waals surface area contributed by atoms with Crippen molar-refractivity contribution in [3.05, 3.63) is 29.6 Å². The third-order valence-corrected chi connectivity index (χ3v) is 4.33. The van der Waals surface area contributed by atoms with Gasteiger partial charge in [0, 0.05) is 37.4 Å². The zero-order valence-corrected chi connectivity index (χ0v) is 15.5. The number of hydrogen-bond donors (Lipinski definition) is 2. The lowest BCUT2D eigenvalue weighted by molar-refractivity contribution is -0.120. The van der Waals surface area contributed by atoms with E-state index in [-0.39, 0.29) is 36.7 Å². The highest BCUT2D eigenvalue weighted by Crippen LogP contribution is 2.28. The summed E-state index contributed by atoms with van der Waals surface area (Å²) in [5.74, 6) is -0.364. The van der Waals surface area contributed by atoms with Gasteiger partial charge in [0.25, 0.3) is 0 Å². The van der Waals surface area contributed by atoms with Crippen LogP contribution >= 0.6 is 12.4 Å². The van der Waals surface area contributed by atoms with E-state index in [1.807, 2.05) is 13.0 Å². The Labute approximate surface area is 150 Å². The fourth-order valence-corrected chi connectivity index (χ4v) is 3.00. The first-order valence-corrected chi connectivity index (χ1v) is 8.25. The van der Waals surface area contributed by atoms with Crippen LogP contribution in [-0.2, 0) is 4.79 Å². The number of amides is 1. The number of benzene rings is 1. The smallest absolute Gasteiger partial charge is 0.234 e. The number of halogens is 2. The summed E-state index contributed by atoms with van der Waals surface area (Å²) in [6.45, 7) is 9.23. The number of anilines is 1. The Hall–Kier alpha value is -1.37. The van der Waals surface area contributed by atoms with Crippen molar-refractivity contribution in [2.75, 3.05) is 51.2 Å². The minimum absolute atomic E-state index is 0. The van der Waals surface area contributed by atoms with E-state index in [0.717, 1.165) is 44.0 Å². The van der Waals surface area contributed by atoms with Crippen LogP contribution < -0.4 is 15.5 Å². The molecule has 1 amide bonds. The van der Waals surface area contributed by atoms with Crippen LogP contribution in [0.5, 0.6) is 0 Å². The first kappa shape index (κ1) is 20.7. The third-order valence-electron chi connectivity index (χ3n) is 4.33. The van der Waals surface area contributed by atoms with Crippen molar-refractivity contribution in [2.45, 2.75) is 19.9 Å². The molecule has 136 valence electrons. The number of carbonyl (C=O) groups excluding carboxylic acids is 1. The number of likely N-dealkylation sites (N-methyl/N-ethyl adjacent to an activating group) is 2. The van der Waals surface area contributed by atoms with E-state index in [9.17, 15) is 9.18 Å². The molecule has 0 saturated carbocycles. The van der Waals surface area contributed by atoms with Crippen LogP contribution in [0.15, 0.2) is 18.2 Å². The lowest BCUT2D eigenvalue weighted by atomic mass is 10.0. The summed E-state index contributed by atoms with van der Waals surface area (Å²) in [4.78, 5) is 16.5. The van der Waals surface area contributed by atoms with Gasteiger partial charge in [-0.3, -0.25) is 4.79 Å². The second-order valence-corrected chi connectivity index (χ2v) is 5.94. The molecular formula is C17H28ClFN4O. The molecule has 1 aromatic carbocycles. The average molecular weight is 359 g/mol. The summed E-state index contributed by atoms with van der Waals surface area (Å²) in [6, 6.07) is 4.62. The van der Waals surface area contributed by atoms with E-state index in [1.165, 1.54) is 12.1 Å².